The maximum atomic E-state index is 11.8. The molecule has 0 unspecified atom stereocenters. The van der Waals surface area contributed by atoms with Gasteiger partial charge in [-0.2, -0.15) is 0 Å². The van der Waals surface area contributed by atoms with Crippen LogP contribution in [0.3, 0.4) is 0 Å². The van der Waals surface area contributed by atoms with Crippen LogP contribution in [0.15, 0.2) is 66.7 Å². The van der Waals surface area contributed by atoms with E-state index in [4.69, 9.17) is 16.3 Å². The Hall–Kier alpha value is -2.26. The van der Waals surface area contributed by atoms with Crippen molar-refractivity contribution in [1.82, 2.24) is 0 Å². The number of esters is 1. The van der Waals surface area contributed by atoms with E-state index in [1.165, 1.54) is 7.11 Å². The Labute approximate surface area is 129 Å². The Morgan fingerprint density at radius 1 is 1.14 bits per heavy atom. The Kier molecular flexibility index (Phi) is 5.01. The van der Waals surface area contributed by atoms with Crippen LogP contribution in [0.1, 0.15) is 11.6 Å². The van der Waals surface area contributed by atoms with Crippen LogP contribution >= 0.6 is 11.6 Å². The zero-order chi connectivity index (χ0) is 15.2. The fraction of sp³-hybridized carbons (Fsp3) is 0.118. The molecular formula is C17H16ClNO2. The standard InChI is InChI=1S/C17H16ClNO2/c1-12(17(20)21-2)16(14-10-6-7-11-15(14)18)19-13-8-4-3-5-9-13/h3-11,16,19H,1H2,2H3/t16-/m0/s1. The van der Waals surface area contributed by atoms with Gasteiger partial charge in [-0.1, -0.05) is 54.6 Å². The van der Waals surface area contributed by atoms with Gasteiger partial charge in [-0.25, -0.2) is 4.79 Å². The lowest BCUT2D eigenvalue weighted by Crippen LogP contribution is -2.19. The Morgan fingerprint density at radius 2 is 1.76 bits per heavy atom. The molecule has 2 rings (SSSR count). The summed E-state index contributed by atoms with van der Waals surface area (Å²) >= 11 is 6.24. The number of hydrogen-bond donors (Lipinski definition) is 1. The summed E-state index contributed by atoms with van der Waals surface area (Å²) in [5, 5.41) is 3.83. The van der Waals surface area contributed by atoms with Crippen LogP contribution in [-0.2, 0) is 9.53 Å². The molecular weight excluding hydrogens is 286 g/mol. The average Bonchev–Trinajstić information content (AvgIpc) is 2.53. The summed E-state index contributed by atoms with van der Waals surface area (Å²) in [5.41, 5.74) is 1.94. The molecule has 0 fully saturated rings. The van der Waals surface area contributed by atoms with Crippen molar-refractivity contribution in [2.45, 2.75) is 6.04 Å². The minimum Gasteiger partial charge on any atom is -0.466 e. The molecule has 0 aliphatic heterocycles. The van der Waals surface area contributed by atoms with Crippen LogP contribution in [0.5, 0.6) is 0 Å². The maximum absolute atomic E-state index is 11.8. The first kappa shape index (κ1) is 15.1. The van der Waals surface area contributed by atoms with Crippen LogP contribution < -0.4 is 5.32 Å². The third kappa shape index (κ3) is 3.64. The predicted molar refractivity (Wildman–Crippen MR) is 85.4 cm³/mol. The minimum atomic E-state index is -0.469. The summed E-state index contributed by atoms with van der Waals surface area (Å²) in [6.07, 6.45) is 0. The molecule has 0 bridgehead atoms. The Balaban J connectivity index is 2.38. The van der Waals surface area contributed by atoms with Gasteiger partial charge < -0.3 is 10.1 Å². The van der Waals surface area contributed by atoms with Gasteiger partial charge >= 0.3 is 5.97 Å². The zero-order valence-electron chi connectivity index (χ0n) is 11.7. The van der Waals surface area contributed by atoms with Gasteiger partial charge in [0.25, 0.3) is 0 Å². The van der Waals surface area contributed by atoms with Crippen LogP contribution in [0.4, 0.5) is 5.69 Å². The summed E-state index contributed by atoms with van der Waals surface area (Å²) in [4.78, 5) is 11.8. The second-order valence-electron chi connectivity index (χ2n) is 4.48. The number of ether oxygens (including phenoxy) is 1. The largest absolute Gasteiger partial charge is 0.466 e. The maximum Gasteiger partial charge on any atom is 0.335 e. The van der Waals surface area contributed by atoms with E-state index in [-0.39, 0.29) is 0 Å². The lowest BCUT2D eigenvalue weighted by molar-refractivity contribution is -0.136. The van der Waals surface area contributed by atoms with Crippen molar-refractivity contribution < 1.29 is 9.53 Å². The van der Waals surface area contributed by atoms with Gasteiger partial charge in [0.15, 0.2) is 0 Å². The highest BCUT2D eigenvalue weighted by Gasteiger charge is 2.23. The molecule has 1 N–H and O–H groups in total. The number of hydrogen-bond acceptors (Lipinski definition) is 3. The van der Waals surface area contributed by atoms with Crippen LogP contribution in [-0.4, -0.2) is 13.1 Å². The third-order valence-electron chi connectivity index (χ3n) is 3.10. The number of para-hydroxylation sites is 1. The second kappa shape index (κ2) is 6.95. The number of nitrogens with one attached hydrogen (secondary N) is 1. The van der Waals surface area contributed by atoms with Gasteiger partial charge in [0, 0.05) is 10.7 Å². The summed E-state index contributed by atoms with van der Waals surface area (Å²) in [6.45, 7) is 3.84. The van der Waals surface area contributed by atoms with Crippen molar-refractivity contribution in [3.05, 3.63) is 77.3 Å². The van der Waals surface area contributed by atoms with Crippen molar-refractivity contribution in [2.24, 2.45) is 0 Å². The number of methoxy groups -OCH3 is 1. The first-order chi connectivity index (χ1) is 10.1. The quantitative estimate of drug-likeness (QED) is 0.663. The first-order valence-electron chi connectivity index (χ1n) is 6.46. The van der Waals surface area contributed by atoms with Crippen LogP contribution in [0.2, 0.25) is 5.02 Å². The zero-order valence-corrected chi connectivity index (χ0v) is 12.4. The van der Waals surface area contributed by atoms with E-state index in [1.807, 2.05) is 48.5 Å². The molecule has 0 aliphatic rings. The summed E-state index contributed by atoms with van der Waals surface area (Å²) < 4.78 is 4.77. The highest BCUT2D eigenvalue weighted by molar-refractivity contribution is 6.31. The van der Waals surface area contributed by atoms with Crippen molar-refractivity contribution in [2.75, 3.05) is 12.4 Å². The molecule has 0 heterocycles. The monoisotopic (exact) mass is 301 g/mol. The summed E-state index contributed by atoms with van der Waals surface area (Å²) in [6, 6.07) is 16.5. The van der Waals surface area contributed by atoms with E-state index in [0.29, 0.717) is 10.6 Å². The normalized spacial score (nSPS) is 11.5. The van der Waals surface area contributed by atoms with E-state index in [9.17, 15) is 4.79 Å². The molecule has 4 heteroatoms. The predicted octanol–water partition coefficient (Wildman–Crippen LogP) is 4.22. The molecule has 0 spiro atoms. The molecule has 0 aliphatic carbocycles. The molecule has 0 saturated heterocycles. The van der Waals surface area contributed by atoms with Gasteiger partial charge in [0.2, 0.25) is 0 Å². The Morgan fingerprint density at radius 3 is 2.38 bits per heavy atom. The highest BCUT2D eigenvalue weighted by Crippen LogP contribution is 2.31. The molecule has 1 atom stereocenters. The van der Waals surface area contributed by atoms with Gasteiger partial charge in [0.1, 0.15) is 0 Å². The lowest BCUT2D eigenvalue weighted by Gasteiger charge is -2.22. The van der Waals surface area contributed by atoms with Gasteiger partial charge in [0.05, 0.1) is 18.7 Å². The smallest absolute Gasteiger partial charge is 0.335 e. The van der Waals surface area contributed by atoms with E-state index in [0.717, 1.165) is 11.3 Å². The second-order valence-corrected chi connectivity index (χ2v) is 4.89. The number of halogens is 1. The van der Waals surface area contributed by atoms with Crippen molar-refractivity contribution in [3.63, 3.8) is 0 Å². The fourth-order valence-electron chi connectivity index (χ4n) is 2.01. The molecule has 0 radical (unpaired) electrons. The molecule has 3 nitrogen and oxygen atoms in total. The third-order valence-corrected chi connectivity index (χ3v) is 3.44. The number of carbonyl (C=O) groups is 1. The minimum absolute atomic E-state index is 0.300. The lowest BCUT2D eigenvalue weighted by atomic mass is 9.99. The molecule has 0 aromatic heterocycles. The number of anilines is 1. The first-order valence-corrected chi connectivity index (χ1v) is 6.84. The van der Waals surface area contributed by atoms with E-state index in [1.54, 1.807) is 6.07 Å². The van der Waals surface area contributed by atoms with Crippen LogP contribution in [0.25, 0.3) is 0 Å². The molecule has 0 saturated carbocycles. The van der Waals surface area contributed by atoms with Gasteiger partial charge in [-0.3, -0.25) is 0 Å². The SMILES string of the molecule is C=C(C(=O)OC)[C@H](Nc1ccccc1)c1ccccc1Cl. The molecule has 2 aromatic carbocycles. The van der Waals surface area contributed by atoms with E-state index in [2.05, 4.69) is 11.9 Å². The number of rotatable bonds is 5. The highest BCUT2D eigenvalue weighted by atomic mass is 35.5. The summed E-state index contributed by atoms with van der Waals surface area (Å²) in [7, 11) is 1.33. The molecule has 21 heavy (non-hydrogen) atoms. The van der Waals surface area contributed by atoms with Crippen molar-refractivity contribution in [3.8, 4) is 0 Å². The topological polar surface area (TPSA) is 38.3 Å². The van der Waals surface area contributed by atoms with Gasteiger partial charge in [-0.15, -0.1) is 0 Å². The Bertz CT molecular complexity index is 640. The van der Waals surface area contributed by atoms with Gasteiger partial charge in [-0.05, 0) is 23.8 Å². The van der Waals surface area contributed by atoms with Crippen LogP contribution in [0, 0.1) is 0 Å². The molecule has 0 amide bonds. The van der Waals surface area contributed by atoms with Crippen molar-refractivity contribution >= 4 is 23.3 Å². The fourth-order valence-corrected chi connectivity index (χ4v) is 2.26. The average molecular weight is 302 g/mol. The number of benzene rings is 2. The van der Waals surface area contributed by atoms with Crippen molar-refractivity contribution in [1.29, 1.82) is 0 Å². The number of carbonyl (C=O) groups excluding carboxylic acids is 1. The molecule has 2 aromatic rings. The van der Waals surface area contributed by atoms with E-state index >= 15 is 0 Å². The summed E-state index contributed by atoms with van der Waals surface area (Å²) in [5.74, 6) is -0.469. The van der Waals surface area contributed by atoms with E-state index < -0.39 is 12.0 Å². The molecule has 108 valence electrons.